The average molecular weight is 374 g/mol. The molecule has 3 aromatic heterocycles. The minimum absolute atomic E-state index is 0.192. The number of fused-ring (bicyclic) bond motifs is 1. The summed E-state index contributed by atoms with van der Waals surface area (Å²) in [6.45, 7) is 0. The Hall–Kier alpha value is -2.25. The van der Waals surface area contributed by atoms with Crippen molar-refractivity contribution in [2.45, 2.75) is 0 Å². The van der Waals surface area contributed by atoms with Crippen LogP contribution in [0.4, 0.5) is 0 Å². The van der Waals surface area contributed by atoms with Crippen LogP contribution >= 0.6 is 27.3 Å². The number of hydrogen-bond donors (Lipinski definition) is 0. The SMILES string of the molecule is O=c1/c(=C\c2ccco2)sc2nc(-c3ccccc3Br)nn12. The maximum Gasteiger partial charge on any atom is 0.291 e. The van der Waals surface area contributed by atoms with Gasteiger partial charge in [-0.25, -0.2) is 0 Å². The Morgan fingerprint density at radius 2 is 2.09 bits per heavy atom. The van der Waals surface area contributed by atoms with Crippen molar-refractivity contribution in [1.29, 1.82) is 0 Å². The molecular weight excluding hydrogens is 366 g/mol. The Kier molecular flexibility index (Phi) is 3.16. The molecule has 0 unspecified atom stereocenters. The van der Waals surface area contributed by atoms with Gasteiger partial charge in [0.05, 0.1) is 6.26 Å². The van der Waals surface area contributed by atoms with Crippen LogP contribution in [0.15, 0.2) is 56.3 Å². The molecule has 1 aromatic carbocycles. The Balaban J connectivity index is 1.88. The molecule has 0 atom stereocenters. The maximum absolute atomic E-state index is 12.4. The molecule has 0 aliphatic heterocycles. The van der Waals surface area contributed by atoms with Crippen molar-refractivity contribution in [3.05, 3.63) is 67.8 Å². The number of furan rings is 1. The normalized spacial score (nSPS) is 12.3. The number of aromatic nitrogens is 3. The summed E-state index contributed by atoms with van der Waals surface area (Å²) in [5.41, 5.74) is 0.663. The summed E-state index contributed by atoms with van der Waals surface area (Å²) >= 11 is 4.76. The van der Waals surface area contributed by atoms with Gasteiger partial charge >= 0.3 is 0 Å². The van der Waals surface area contributed by atoms with Crippen LogP contribution in [-0.2, 0) is 0 Å². The van der Waals surface area contributed by atoms with E-state index < -0.39 is 0 Å². The Morgan fingerprint density at radius 1 is 1.23 bits per heavy atom. The molecule has 0 aliphatic rings. The van der Waals surface area contributed by atoms with Crippen LogP contribution < -0.4 is 10.1 Å². The second-order valence-electron chi connectivity index (χ2n) is 4.54. The molecule has 5 nitrogen and oxygen atoms in total. The van der Waals surface area contributed by atoms with Gasteiger partial charge in [-0.05, 0) is 24.3 Å². The van der Waals surface area contributed by atoms with Crippen molar-refractivity contribution in [2.24, 2.45) is 0 Å². The van der Waals surface area contributed by atoms with E-state index in [1.54, 1.807) is 24.5 Å². The number of thiazole rings is 1. The van der Waals surface area contributed by atoms with Crippen molar-refractivity contribution in [3.8, 4) is 11.4 Å². The maximum atomic E-state index is 12.4. The fraction of sp³-hybridized carbons (Fsp3) is 0. The first-order chi connectivity index (χ1) is 10.7. The molecule has 0 saturated carbocycles. The largest absolute Gasteiger partial charge is 0.465 e. The van der Waals surface area contributed by atoms with Gasteiger partial charge in [-0.1, -0.05) is 39.4 Å². The summed E-state index contributed by atoms with van der Waals surface area (Å²) in [7, 11) is 0. The van der Waals surface area contributed by atoms with Gasteiger partial charge in [-0.15, -0.1) is 5.10 Å². The minimum Gasteiger partial charge on any atom is -0.465 e. The van der Waals surface area contributed by atoms with Crippen LogP contribution in [0.2, 0.25) is 0 Å². The van der Waals surface area contributed by atoms with Gasteiger partial charge in [0.15, 0.2) is 5.82 Å². The molecule has 0 spiro atoms. The molecule has 0 aliphatic carbocycles. The van der Waals surface area contributed by atoms with E-state index in [1.165, 1.54) is 15.9 Å². The molecule has 0 N–H and O–H groups in total. The summed E-state index contributed by atoms with van der Waals surface area (Å²) in [6.07, 6.45) is 3.26. The summed E-state index contributed by atoms with van der Waals surface area (Å²) in [5, 5.41) is 4.32. The van der Waals surface area contributed by atoms with Crippen molar-refractivity contribution in [2.75, 3.05) is 0 Å². The second-order valence-corrected chi connectivity index (χ2v) is 6.40. The van der Waals surface area contributed by atoms with E-state index in [1.807, 2.05) is 24.3 Å². The molecule has 0 fully saturated rings. The lowest BCUT2D eigenvalue weighted by atomic mass is 10.2. The van der Waals surface area contributed by atoms with Gasteiger partial charge < -0.3 is 4.42 Å². The lowest BCUT2D eigenvalue weighted by Gasteiger charge is -1.96. The van der Waals surface area contributed by atoms with Gasteiger partial charge in [0.25, 0.3) is 5.56 Å². The van der Waals surface area contributed by atoms with Gasteiger partial charge in [0.1, 0.15) is 10.3 Å². The summed E-state index contributed by atoms with van der Waals surface area (Å²) in [5.74, 6) is 1.16. The lowest BCUT2D eigenvalue weighted by Crippen LogP contribution is -2.23. The fourth-order valence-corrected chi connectivity index (χ4v) is 3.44. The predicted molar refractivity (Wildman–Crippen MR) is 87.8 cm³/mol. The first-order valence-corrected chi connectivity index (χ1v) is 8.03. The number of rotatable bonds is 2. The van der Waals surface area contributed by atoms with Crippen LogP contribution in [0.5, 0.6) is 0 Å². The highest BCUT2D eigenvalue weighted by molar-refractivity contribution is 9.10. The molecule has 0 saturated heterocycles. The molecule has 4 rings (SSSR count). The van der Waals surface area contributed by atoms with E-state index >= 15 is 0 Å². The standard InChI is InChI=1S/C15H8BrN3O2S/c16-11-6-2-1-5-10(11)13-17-15-19(18-13)14(20)12(22-15)8-9-4-3-7-21-9/h1-8H/b12-8+. The summed E-state index contributed by atoms with van der Waals surface area (Å²) in [6, 6.07) is 11.2. The third kappa shape index (κ3) is 2.18. The van der Waals surface area contributed by atoms with Crippen molar-refractivity contribution >= 4 is 38.3 Å². The second kappa shape index (κ2) is 5.19. The van der Waals surface area contributed by atoms with Crippen LogP contribution in [0.3, 0.4) is 0 Å². The third-order valence-electron chi connectivity index (χ3n) is 3.11. The van der Waals surface area contributed by atoms with E-state index in [9.17, 15) is 4.79 Å². The average Bonchev–Trinajstić information content (AvgIpc) is 3.20. The zero-order valence-corrected chi connectivity index (χ0v) is 13.5. The van der Waals surface area contributed by atoms with Gasteiger partial charge in [-0.2, -0.15) is 9.50 Å². The predicted octanol–water partition coefficient (Wildman–Crippen LogP) is 2.72. The Morgan fingerprint density at radius 3 is 2.82 bits per heavy atom. The van der Waals surface area contributed by atoms with Gasteiger partial charge in [0, 0.05) is 16.1 Å². The van der Waals surface area contributed by atoms with E-state index in [4.69, 9.17) is 4.42 Å². The molecular formula is C15H8BrN3O2S. The number of benzene rings is 1. The van der Waals surface area contributed by atoms with Crippen LogP contribution in [0.1, 0.15) is 5.76 Å². The number of hydrogen-bond acceptors (Lipinski definition) is 5. The van der Waals surface area contributed by atoms with Gasteiger partial charge in [0.2, 0.25) is 4.96 Å². The van der Waals surface area contributed by atoms with Crippen molar-refractivity contribution in [1.82, 2.24) is 14.6 Å². The zero-order chi connectivity index (χ0) is 15.1. The topological polar surface area (TPSA) is 60.4 Å². The summed E-state index contributed by atoms with van der Waals surface area (Å²) in [4.78, 5) is 17.4. The third-order valence-corrected chi connectivity index (χ3v) is 4.76. The molecule has 0 bridgehead atoms. The molecule has 4 aromatic rings. The van der Waals surface area contributed by atoms with E-state index in [-0.39, 0.29) is 5.56 Å². The number of nitrogens with zero attached hydrogens (tertiary/aromatic N) is 3. The highest BCUT2D eigenvalue weighted by Gasteiger charge is 2.13. The van der Waals surface area contributed by atoms with Gasteiger partial charge in [-0.3, -0.25) is 4.79 Å². The summed E-state index contributed by atoms with van der Waals surface area (Å²) < 4.78 is 7.99. The van der Waals surface area contributed by atoms with Crippen molar-refractivity contribution < 1.29 is 4.42 Å². The van der Waals surface area contributed by atoms with Crippen LogP contribution in [0, 0.1) is 0 Å². The van der Waals surface area contributed by atoms with Crippen LogP contribution in [-0.4, -0.2) is 14.6 Å². The molecule has 0 radical (unpaired) electrons. The minimum atomic E-state index is -0.192. The molecule has 7 heteroatoms. The monoisotopic (exact) mass is 373 g/mol. The van der Waals surface area contributed by atoms with E-state index in [0.717, 1.165) is 10.0 Å². The smallest absolute Gasteiger partial charge is 0.291 e. The first kappa shape index (κ1) is 13.4. The molecule has 0 amide bonds. The highest BCUT2D eigenvalue weighted by atomic mass is 79.9. The van der Waals surface area contributed by atoms with Crippen LogP contribution in [0.25, 0.3) is 22.4 Å². The van der Waals surface area contributed by atoms with E-state index in [2.05, 4.69) is 26.0 Å². The Bertz CT molecular complexity index is 1070. The zero-order valence-electron chi connectivity index (χ0n) is 11.1. The molecule has 3 heterocycles. The molecule has 108 valence electrons. The Labute approximate surface area is 136 Å². The first-order valence-electron chi connectivity index (χ1n) is 6.42. The van der Waals surface area contributed by atoms with Crippen molar-refractivity contribution in [3.63, 3.8) is 0 Å². The fourth-order valence-electron chi connectivity index (χ4n) is 2.09. The lowest BCUT2D eigenvalue weighted by molar-refractivity contribution is 0.556. The molecule has 22 heavy (non-hydrogen) atoms. The quantitative estimate of drug-likeness (QED) is 0.541. The number of halogens is 1. The highest BCUT2D eigenvalue weighted by Crippen LogP contribution is 2.25. The van der Waals surface area contributed by atoms with E-state index in [0.29, 0.717) is 21.1 Å².